The Labute approximate surface area is 154 Å². The fourth-order valence-corrected chi connectivity index (χ4v) is 2.94. The van der Waals surface area contributed by atoms with Crippen LogP contribution < -0.4 is 18.9 Å². The average Bonchev–Trinajstić information content (AvgIpc) is 2.70. The third kappa shape index (κ3) is 4.28. The SMILES string of the molecule is CCC(=O)CC(c1ccc(OC)c(OC)c1)c1ccc(OC)c(OC)c1. The first-order valence-corrected chi connectivity index (χ1v) is 8.53. The van der Waals surface area contributed by atoms with Crippen LogP contribution in [-0.2, 0) is 4.79 Å². The minimum atomic E-state index is -0.109. The first kappa shape index (κ1) is 19.6. The molecule has 2 rings (SSSR count). The summed E-state index contributed by atoms with van der Waals surface area (Å²) in [4.78, 5) is 12.2. The van der Waals surface area contributed by atoms with Crippen LogP contribution in [0.25, 0.3) is 0 Å². The second-order valence-corrected chi connectivity index (χ2v) is 5.88. The van der Waals surface area contributed by atoms with Gasteiger partial charge < -0.3 is 18.9 Å². The van der Waals surface area contributed by atoms with Crippen LogP contribution in [0.2, 0.25) is 0 Å². The Balaban J connectivity index is 2.52. The number of benzene rings is 2. The fourth-order valence-electron chi connectivity index (χ4n) is 2.94. The minimum Gasteiger partial charge on any atom is -0.493 e. The number of ketones is 1. The number of Topliss-reactive ketones (excluding diaryl/α,β-unsaturated/α-hetero) is 1. The molecule has 0 amide bonds. The molecule has 0 radical (unpaired) electrons. The van der Waals surface area contributed by atoms with Crippen molar-refractivity contribution in [2.75, 3.05) is 28.4 Å². The van der Waals surface area contributed by atoms with E-state index < -0.39 is 0 Å². The Bertz CT molecular complexity index is 699. The molecule has 0 spiro atoms. The molecular formula is C21H26O5. The van der Waals surface area contributed by atoms with Crippen LogP contribution in [-0.4, -0.2) is 34.2 Å². The molecule has 0 unspecified atom stereocenters. The van der Waals surface area contributed by atoms with Gasteiger partial charge in [-0.05, 0) is 35.4 Å². The molecular weight excluding hydrogens is 332 g/mol. The summed E-state index contributed by atoms with van der Waals surface area (Å²) in [5, 5.41) is 0. The number of hydrogen-bond donors (Lipinski definition) is 0. The van der Waals surface area contributed by atoms with E-state index in [1.165, 1.54) is 0 Å². The Morgan fingerprint density at radius 1 is 0.769 bits per heavy atom. The third-order valence-electron chi connectivity index (χ3n) is 4.45. The maximum absolute atomic E-state index is 12.2. The van der Waals surface area contributed by atoms with Gasteiger partial charge in [0.25, 0.3) is 0 Å². The van der Waals surface area contributed by atoms with Crippen LogP contribution in [0, 0.1) is 0 Å². The van der Waals surface area contributed by atoms with E-state index in [0.29, 0.717) is 35.8 Å². The van der Waals surface area contributed by atoms with E-state index in [1.54, 1.807) is 28.4 Å². The molecule has 0 aliphatic heterocycles. The van der Waals surface area contributed by atoms with E-state index in [1.807, 2.05) is 43.3 Å². The van der Waals surface area contributed by atoms with Gasteiger partial charge in [0.15, 0.2) is 23.0 Å². The molecule has 0 heterocycles. The second-order valence-electron chi connectivity index (χ2n) is 5.88. The highest BCUT2D eigenvalue weighted by Crippen LogP contribution is 2.38. The highest BCUT2D eigenvalue weighted by atomic mass is 16.5. The van der Waals surface area contributed by atoms with Crippen LogP contribution in [0.4, 0.5) is 0 Å². The number of carbonyl (C=O) groups is 1. The van der Waals surface area contributed by atoms with Crippen molar-refractivity contribution in [1.29, 1.82) is 0 Å². The lowest BCUT2D eigenvalue weighted by Gasteiger charge is -2.20. The molecule has 0 N–H and O–H groups in total. The molecule has 0 saturated heterocycles. The van der Waals surface area contributed by atoms with Gasteiger partial charge in [-0.3, -0.25) is 4.79 Å². The van der Waals surface area contributed by atoms with E-state index in [0.717, 1.165) is 11.1 Å². The van der Waals surface area contributed by atoms with Gasteiger partial charge in [-0.15, -0.1) is 0 Å². The lowest BCUT2D eigenvalue weighted by atomic mass is 9.86. The zero-order chi connectivity index (χ0) is 19.1. The van der Waals surface area contributed by atoms with Crippen LogP contribution in [0.3, 0.4) is 0 Å². The molecule has 140 valence electrons. The van der Waals surface area contributed by atoms with Crippen molar-refractivity contribution in [2.45, 2.75) is 25.7 Å². The number of ether oxygens (including phenoxy) is 4. The summed E-state index contributed by atoms with van der Waals surface area (Å²) in [6.45, 7) is 1.88. The first-order valence-electron chi connectivity index (χ1n) is 8.53. The maximum Gasteiger partial charge on any atom is 0.161 e. The van der Waals surface area contributed by atoms with E-state index in [4.69, 9.17) is 18.9 Å². The third-order valence-corrected chi connectivity index (χ3v) is 4.45. The highest BCUT2D eigenvalue weighted by Gasteiger charge is 2.21. The van der Waals surface area contributed by atoms with E-state index >= 15 is 0 Å². The molecule has 5 heteroatoms. The maximum atomic E-state index is 12.2. The Hall–Kier alpha value is -2.69. The topological polar surface area (TPSA) is 54.0 Å². The van der Waals surface area contributed by atoms with Gasteiger partial charge in [0.1, 0.15) is 5.78 Å². The largest absolute Gasteiger partial charge is 0.493 e. The van der Waals surface area contributed by atoms with Crippen molar-refractivity contribution in [3.63, 3.8) is 0 Å². The second kappa shape index (κ2) is 9.13. The van der Waals surface area contributed by atoms with Crippen molar-refractivity contribution in [3.05, 3.63) is 47.5 Å². The van der Waals surface area contributed by atoms with Gasteiger partial charge in [0.05, 0.1) is 28.4 Å². The van der Waals surface area contributed by atoms with Gasteiger partial charge in [-0.25, -0.2) is 0 Å². The van der Waals surface area contributed by atoms with Crippen LogP contribution >= 0.6 is 0 Å². The number of methoxy groups -OCH3 is 4. The summed E-state index contributed by atoms with van der Waals surface area (Å²) in [7, 11) is 6.41. The molecule has 0 bridgehead atoms. The standard InChI is InChI=1S/C21H26O5/c1-6-16(22)13-17(14-7-9-18(23-2)20(11-14)25-4)15-8-10-19(24-3)21(12-15)26-5/h7-12,17H,6,13H2,1-5H3. The Morgan fingerprint density at radius 3 is 1.54 bits per heavy atom. The monoisotopic (exact) mass is 358 g/mol. The molecule has 0 atom stereocenters. The molecule has 0 aliphatic rings. The summed E-state index contributed by atoms with van der Waals surface area (Å²) in [6.07, 6.45) is 0.901. The molecule has 2 aromatic rings. The fraction of sp³-hybridized carbons (Fsp3) is 0.381. The van der Waals surface area contributed by atoms with Crippen molar-refractivity contribution < 1.29 is 23.7 Å². The van der Waals surface area contributed by atoms with Gasteiger partial charge in [-0.1, -0.05) is 19.1 Å². The number of carbonyl (C=O) groups excluding carboxylic acids is 1. The lowest BCUT2D eigenvalue weighted by Crippen LogP contribution is -2.09. The minimum absolute atomic E-state index is 0.109. The molecule has 2 aromatic carbocycles. The zero-order valence-electron chi connectivity index (χ0n) is 16.0. The molecule has 0 aromatic heterocycles. The van der Waals surface area contributed by atoms with Gasteiger partial charge in [-0.2, -0.15) is 0 Å². The number of rotatable bonds is 9. The molecule has 0 aliphatic carbocycles. The first-order chi connectivity index (χ1) is 12.6. The average molecular weight is 358 g/mol. The Morgan fingerprint density at radius 2 is 1.19 bits per heavy atom. The normalized spacial score (nSPS) is 10.5. The quantitative estimate of drug-likeness (QED) is 0.672. The van der Waals surface area contributed by atoms with E-state index in [-0.39, 0.29) is 11.7 Å². The van der Waals surface area contributed by atoms with Crippen molar-refractivity contribution >= 4 is 5.78 Å². The molecule has 5 nitrogen and oxygen atoms in total. The lowest BCUT2D eigenvalue weighted by molar-refractivity contribution is -0.118. The van der Waals surface area contributed by atoms with Gasteiger partial charge >= 0.3 is 0 Å². The summed E-state index contributed by atoms with van der Waals surface area (Å²) in [5.41, 5.74) is 1.97. The van der Waals surface area contributed by atoms with Crippen molar-refractivity contribution in [3.8, 4) is 23.0 Å². The summed E-state index contributed by atoms with van der Waals surface area (Å²) >= 11 is 0. The van der Waals surface area contributed by atoms with Crippen LogP contribution in [0.1, 0.15) is 36.8 Å². The van der Waals surface area contributed by atoms with Gasteiger partial charge in [0, 0.05) is 18.8 Å². The van der Waals surface area contributed by atoms with Gasteiger partial charge in [0.2, 0.25) is 0 Å². The summed E-state index contributed by atoms with van der Waals surface area (Å²) < 4.78 is 21.5. The van der Waals surface area contributed by atoms with Crippen molar-refractivity contribution in [1.82, 2.24) is 0 Å². The smallest absolute Gasteiger partial charge is 0.161 e. The van der Waals surface area contributed by atoms with E-state index in [9.17, 15) is 4.79 Å². The van der Waals surface area contributed by atoms with Crippen molar-refractivity contribution in [2.24, 2.45) is 0 Å². The van der Waals surface area contributed by atoms with Crippen LogP contribution in [0.5, 0.6) is 23.0 Å². The summed E-state index contributed by atoms with van der Waals surface area (Å²) in [5.74, 6) is 2.67. The predicted molar refractivity (Wildman–Crippen MR) is 101 cm³/mol. The summed E-state index contributed by atoms with van der Waals surface area (Å²) in [6, 6.07) is 11.5. The molecule has 0 saturated carbocycles. The predicted octanol–water partition coefficient (Wildman–Crippen LogP) is 4.22. The number of hydrogen-bond acceptors (Lipinski definition) is 5. The molecule has 0 fully saturated rings. The molecule has 26 heavy (non-hydrogen) atoms. The Kier molecular flexibility index (Phi) is 6.89. The zero-order valence-corrected chi connectivity index (χ0v) is 16.0. The van der Waals surface area contributed by atoms with Crippen LogP contribution in [0.15, 0.2) is 36.4 Å². The van der Waals surface area contributed by atoms with E-state index in [2.05, 4.69) is 0 Å². The highest BCUT2D eigenvalue weighted by molar-refractivity contribution is 5.79.